The van der Waals surface area contributed by atoms with Crippen molar-refractivity contribution < 1.29 is 19.4 Å². The molecule has 1 aromatic carbocycles. The van der Waals surface area contributed by atoms with E-state index in [2.05, 4.69) is 16.7 Å². The lowest BCUT2D eigenvalue weighted by molar-refractivity contribution is -0.132. The monoisotopic (exact) mass is 428 g/mol. The van der Waals surface area contributed by atoms with E-state index >= 15 is 0 Å². The molecule has 1 aliphatic heterocycles. The fourth-order valence-electron chi connectivity index (χ4n) is 3.51. The molecule has 1 amide bonds. The number of amides is 1. The molecule has 0 saturated heterocycles. The van der Waals surface area contributed by atoms with Gasteiger partial charge in [0.25, 0.3) is 5.56 Å². The highest BCUT2D eigenvalue weighted by atomic mass is 16.5. The number of H-pyrrole nitrogens is 1. The Morgan fingerprint density at radius 2 is 2.10 bits per heavy atom. The van der Waals surface area contributed by atoms with Gasteiger partial charge < -0.3 is 14.6 Å². The molecule has 10 heteroatoms. The molecule has 0 bridgehead atoms. The summed E-state index contributed by atoms with van der Waals surface area (Å²) in [6.07, 6.45) is 1.71. The van der Waals surface area contributed by atoms with Crippen molar-refractivity contribution in [3.8, 4) is 17.4 Å². The minimum atomic E-state index is -0.788. The molecule has 0 fully saturated rings. The van der Waals surface area contributed by atoms with Crippen LogP contribution < -0.4 is 20.7 Å². The number of hydrazone groups is 1. The maximum atomic E-state index is 12.7. The third-order valence-corrected chi connectivity index (χ3v) is 5.04. The zero-order valence-corrected chi connectivity index (χ0v) is 17.5. The maximum absolute atomic E-state index is 12.7. The number of aromatic hydroxyl groups is 1. The second kappa shape index (κ2) is 8.90. The summed E-state index contributed by atoms with van der Waals surface area (Å²) in [7, 11) is 3.03. The highest BCUT2D eigenvalue weighted by molar-refractivity contribution is 6.04. The summed E-state index contributed by atoms with van der Waals surface area (Å²) in [5.41, 5.74) is -0.911. The maximum Gasteiger partial charge on any atom is 0.331 e. The van der Waals surface area contributed by atoms with E-state index in [0.29, 0.717) is 17.1 Å². The van der Waals surface area contributed by atoms with Gasteiger partial charge in [0.05, 0.1) is 26.0 Å². The molecule has 10 nitrogen and oxygen atoms in total. The minimum Gasteiger partial charge on any atom is -0.497 e. The van der Waals surface area contributed by atoms with Gasteiger partial charge in [0, 0.05) is 24.9 Å². The number of aromatic amines is 1. The molecule has 2 aromatic rings. The first kappa shape index (κ1) is 21.9. The fourth-order valence-corrected chi connectivity index (χ4v) is 3.51. The van der Waals surface area contributed by atoms with Crippen LogP contribution in [-0.4, -0.2) is 45.5 Å². The van der Waals surface area contributed by atoms with E-state index in [4.69, 9.17) is 9.47 Å². The van der Waals surface area contributed by atoms with Crippen LogP contribution >= 0.6 is 0 Å². The zero-order chi connectivity index (χ0) is 22.7. The molecule has 2 heterocycles. The van der Waals surface area contributed by atoms with Gasteiger partial charge in [-0.3, -0.25) is 19.1 Å². The molecule has 1 atom stereocenters. The average Bonchev–Trinajstić information content (AvgIpc) is 3.20. The number of carbonyl (C=O) groups excluding carboxylic acids is 1. The van der Waals surface area contributed by atoms with Gasteiger partial charge in [-0.15, -0.1) is 6.58 Å². The largest absolute Gasteiger partial charge is 0.497 e. The van der Waals surface area contributed by atoms with Crippen LogP contribution in [0.15, 0.2) is 45.5 Å². The lowest BCUT2D eigenvalue weighted by atomic mass is 9.98. The summed E-state index contributed by atoms with van der Waals surface area (Å²) in [6, 6.07) is 4.59. The number of hydrogen-bond acceptors (Lipinski definition) is 7. The fraction of sp³-hybridized carbons (Fsp3) is 0.333. The van der Waals surface area contributed by atoms with Crippen LogP contribution in [0.1, 0.15) is 36.9 Å². The van der Waals surface area contributed by atoms with Crippen LogP contribution in [0, 0.1) is 0 Å². The standard InChI is InChI=1S/C21H24N4O6/c1-5-9-24-20(28)18(19(27)22-21(24)29)14-11-15(25(23-14)17(26)6-2)13-10-12(30-3)7-8-16(13)31-4/h5,7-8,10,15,28H,1,6,9,11H2,2-4H3,(H,22,27,29)/t15-/m0/s1. The highest BCUT2D eigenvalue weighted by Gasteiger charge is 2.36. The lowest BCUT2D eigenvalue weighted by Crippen LogP contribution is -2.33. The number of ether oxygens (including phenoxy) is 2. The Morgan fingerprint density at radius 3 is 2.71 bits per heavy atom. The van der Waals surface area contributed by atoms with Gasteiger partial charge in [-0.2, -0.15) is 5.10 Å². The predicted octanol–water partition coefficient (Wildman–Crippen LogP) is 1.53. The Labute approximate surface area is 178 Å². The first-order valence-electron chi connectivity index (χ1n) is 9.65. The van der Waals surface area contributed by atoms with Gasteiger partial charge in [0.1, 0.15) is 17.1 Å². The van der Waals surface area contributed by atoms with E-state index in [-0.39, 0.29) is 36.6 Å². The molecule has 0 unspecified atom stereocenters. The van der Waals surface area contributed by atoms with Crippen molar-refractivity contribution >= 4 is 11.6 Å². The van der Waals surface area contributed by atoms with E-state index in [9.17, 15) is 19.5 Å². The number of allylic oxidation sites excluding steroid dienone is 1. The van der Waals surface area contributed by atoms with E-state index < -0.39 is 23.2 Å². The van der Waals surface area contributed by atoms with Crippen LogP contribution in [0.2, 0.25) is 0 Å². The summed E-state index contributed by atoms with van der Waals surface area (Å²) in [5.74, 6) is 0.272. The number of rotatable bonds is 7. The molecule has 164 valence electrons. The number of methoxy groups -OCH3 is 2. The second-order valence-electron chi connectivity index (χ2n) is 6.82. The minimum absolute atomic E-state index is 0.00747. The van der Waals surface area contributed by atoms with E-state index in [1.807, 2.05) is 0 Å². The quantitative estimate of drug-likeness (QED) is 0.644. The first-order chi connectivity index (χ1) is 14.9. The summed E-state index contributed by atoms with van der Waals surface area (Å²) in [6.45, 7) is 5.24. The Kier molecular flexibility index (Phi) is 6.28. The van der Waals surface area contributed by atoms with Crippen LogP contribution in [0.3, 0.4) is 0 Å². The van der Waals surface area contributed by atoms with Gasteiger partial charge in [-0.05, 0) is 18.2 Å². The molecular formula is C21H24N4O6. The number of hydrogen-bond donors (Lipinski definition) is 2. The number of aromatic nitrogens is 2. The number of nitrogens with one attached hydrogen (secondary N) is 1. The first-order valence-corrected chi connectivity index (χ1v) is 9.65. The van der Waals surface area contributed by atoms with Gasteiger partial charge in [0.15, 0.2) is 0 Å². The van der Waals surface area contributed by atoms with Gasteiger partial charge >= 0.3 is 5.69 Å². The van der Waals surface area contributed by atoms with Gasteiger partial charge in [-0.25, -0.2) is 9.80 Å². The van der Waals surface area contributed by atoms with E-state index in [1.54, 1.807) is 25.1 Å². The second-order valence-corrected chi connectivity index (χ2v) is 6.82. The predicted molar refractivity (Wildman–Crippen MR) is 114 cm³/mol. The Morgan fingerprint density at radius 1 is 1.35 bits per heavy atom. The lowest BCUT2D eigenvalue weighted by Gasteiger charge is -2.23. The van der Waals surface area contributed by atoms with Crippen molar-refractivity contribution in [1.29, 1.82) is 0 Å². The third kappa shape index (κ3) is 3.96. The topological polar surface area (TPSA) is 126 Å². The summed E-state index contributed by atoms with van der Waals surface area (Å²) in [5, 5.41) is 16.3. The SMILES string of the molecule is C=CCn1c(O)c(C2=NN(C(=O)CC)[C@H](c3cc(OC)ccc3OC)C2)c(=O)[nH]c1=O. The van der Waals surface area contributed by atoms with Crippen molar-refractivity contribution in [3.05, 3.63) is 62.8 Å². The molecule has 3 rings (SSSR count). The van der Waals surface area contributed by atoms with Crippen molar-refractivity contribution in [3.63, 3.8) is 0 Å². The summed E-state index contributed by atoms with van der Waals surface area (Å²) < 4.78 is 11.7. The van der Waals surface area contributed by atoms with Crippen LogP contribution in [-0.2, 0) is 11.3 Å². The van der Waals surface area contributed by atoms with E-state index in [1.165, 1.54) is 25.3 Å². The number of nitrogens with zero attached hydrogens (tertiary/aromatic N) is 3. The van der Waals surface area contributed by atoms with Crippen molar-refractivity contribution in [1.82, 2.24) is 14.6 Å². The summed E-state index contributed by atoms with van der Waals surface area (Å²) in [4.78, 5) is 39.4. The van der Waals surface area contributed by atoms with Crippen LogP contribution in [0.4, 0.5) is 0 Å². The molecular weight excluding hydrogens is 404 g/mol. The third-order valence-electron chi connectivity index (χ3n) is 5.04. The summed E-state index contributed by atoms with van der Waals surface area (Å²) >= 11 is 0. The Balaban J connectivity index is 2.16. The van der Waals surface area contributed by atoms with Crippen LogP contribution in [0.5, 0.6) is 17.4 Å². The normalized spacial score (nSPS) is 15.5. The molecule has 31 heavy (non-hydrogen) atoms. The average molecular weight is 428 g/mol. The molecule has 0 radical (unpaired) electrons. The highest BCUT2D eigenvalue weighted by Crippen LogP contribution is 2.39. The molecule has 0 spiro atoms. The molecule has 1 aromatic heterocycles. The molecule has 0 saturated carbocycles. The Hall–Kier alpha value is -3.82. The van der Waals surface area contributed by atoms with Gasteiger partial charge in [0.2, 0.25) is 11.8 Å². The zero-order valence-electron chi connectivity index (χ0n) is 17.5. The number of benzene rings is 1. The van der Waals surface area contributed by atoms with Crippen molar-refractivity contribution in [2.24, 2.45) is 5.10 Å². The molecule has 2 N–H and O–H groups in total. The van der Waals surface area contributed by atoms with E-state index in [0.717, 1.165) is 4.57 Å². The molecule has 1 aliphatic rings. The Bertz CT molecular complexity index is 1160. The molecule has 0 aliphatic carbocycles. The van der Waals surface area contributed by atoms with Crippen molar-refractivity contribution in [2.45, 2.75) is 32.4 Å². The van der Waals surface area contributed by atoms with Crippen LogP contribution in [0.25, 0.3) is 0 Å². The van der Waals surface area contributed by atoms with Crippen molar-refractivity contribution in [2.75, 3.05) is 14.2 Å². The smallest absolute Gasteiger partial charge is 0.331 e. The van der Waals surface area contributed by atoms with Gasteiger partial charge in [-0.1, -0.05) is 13.0 Å². The number of carbonyl (C=O) groups is 1.